The van der Waals surface area contributed by atoms with Crippen molar-refractivity contribution in [3.63, 3.8) is 0 Å². The van der Waals surface area contributed by atoms with Crippen molar-refractivity contribution in [1.29, 1.82) is 0 Å². The number of rotatable bonds is 7. The Balaban J connectivity index is 1.30. The summed E-state index contributed by atoms with van der Waals surface area (Å²) >= 11 is 5.89. The van der Waals surface area contributed by atoms with Gasteiger partial charge in [-0.1, -0.05) is 24.9 Å². The molecule has 3 aliphatic heterocycles. The predicted octanol–water partition coefficient (Wildman–Crippen LogP) is 4.27. The number of aromatic nitrogens is 2. The molecule has 5 rings (SSSR count). The Morgan fingerprint density at radius 3 is 2.60 bits per heavy atom. The number of ether oxygens (including phenoxy) is 1. The van der Waals surface area contributed by atoms with Crippen molar-refractivity contribution < 1.29 is 13.9 Å². The molecule has 2 aromatic rings. The lowest BCUT2D eigenvalue weighted by Crippen LogP contribution is -2.46. The van der Waals surface area contributed by atoms with E-state index in [1.807, 2.05) is 0 Å². The lowest BCUT2D eigenvalue weighted by molar-refractivity contribution is 0.0474. The number of nitrogens with zero attached hydrogens (tertiary/aromatic N) is 4. The van der Waals surface area contributed by atoms with Crippen LogP contribution >= 0.6 is 11.6 Å². The summed E-state index contributed by atoms with van der Waals surface area (Å²) in [5.41, 5.74) is 7.79. The van der Waals surface area contributed by atoms with Crippen LogP contribution in [0.5, 0.6) is 5.75 Å². The number of halogens is 2. The molecule has 3 aliphatic rings. The topological polar surface area (TPSA) is 84.6 Å². The Bertz CT molecular complexity index is 1110. The molecule has 9 heteroatoms. The number of nitrogens with two attached hydrogens (primary N) is 1. The zero-order valence-electron chi connectivity index (χ0n) is 19.9. The standard InChI is InChI=1S/C26H31ClFN5O2/c1-2-3-8-33-18-5-6-19(33)11-20(10-18)35-24-9-17(28)4-7-21(24)26(34)32-14-22(23(29)15-32)25-30-12-16(27)13-31-25/h4,7,9,12-13,18-20H,2-3,5-6,8,10-11,14-15,29H2,1H3/t18-,19+,20?. The lowest BCUT2D eigenvalue weighted by atomic mass is 9.99. The maximum Gasteiger partial charge on any atom is 0.258 e. The van der Waals surface area contributed by atoms with E-state index in [1.165, 1.54) is 56.3 Å². The van der Waals surface area contributed by atoms with Crippen LogP contribution < -0.4 is 10.5 Å². The van der Waals surface area contributed by atoms with Gasteiger partial charge in [0, 0.05) is 41.8 Å². The number of carbonyl (C=O) groups excluding carboxylic acids is 1. The third-order valence-corrected chi connectivity index (χ3v) is 7.55. The number of benzene rings is 1. The largest absolute Gasteiger partial charge is 0.489 e. The van der Waals surface area contributed by atoms with Crippen LogP contribution in [0, 0.1) is 5.82 Å². The molecule has 2 N–H and O–H groups in total. The van der Waals surface area contributed by atoms with E-state index in [9.17, 15) is 9.18 Å². The average molecular weight is 500 g/mol. The fourth-order valence-electron chi connectivity index (χ4n) is 5.62. The van der Waals surface area contributed by atoms with Crippen molar-refractivity contribution in [2.24, 2.45) is 5.73 Å². The summed E-state index contributed by atoms with van der Waals surface area (Å²) in [6.45, 7) is 3.86. The zero-order chi connectivity index (χ0) is 24.5. The zero-order valence-corrected chi connectivity index (χ0v) is 20.7. The van der Waals surface area contributed by atoms with Gasteiger partial charge in [0.2, 0.25) is 0 Å². The van der Waals surface area contributed by atoms with Crippen LogP contribution in [0.4, 0.5) is 4.39 Å². The highest BCUT2D eigenvalue weighted by Crippen LogP contribution is 2.38. The second-order valence-corrected chi connectivity index (χ2v) is 10.2. The van der Waals surface area contributed by atoms with Crippen molar-refractivity contribution in [2.45, 2.75) is 63.6 Å². The average Bonchev–Trinajstić information content (AvgIpc) is 3.34. The van der Waals surface area contributed by atoms with Gasteiger partial charge in [0.1, 0.15) is 17.7 Å². The van der Waals surface area contributed by atoms with Gasteiger partial charge in [0.15, 0.2) is 5.82 Å². The molecule has 4 heterocycles. The predicted molar refractivity (Wildman–Crippen MR) is 133 cm³/mol. The van der Waals surface area contributed by atoms with Crippen molar-refractivity contribution in [2.75, 3.05) is 19.6 Å². The number of amides is 1. The van der Waals surface area contributed by atoms with Crippen molar-refractivity contribution in [3.05, 3.63) is 58.5 Å². The molecule has 1 aromatic heterocycles. The molecule has 1 amide bonds. The Morgan fingerprint density at radius 1 is 1.20 bits per heavy atom. The van der Waals surface area contributed by atoms with E-state index < -0.39 is 5.82 Å². The molecule has 0 aliphatic carbocycles. The minimum atomic E-state index is -0.422. The van der Waals surface area contributed by atoms with E-state index >= 15 is 0 Å². The SMILES string of the molecule is CCCCN1[C@@H]2CC[C@H]1CC(Oc1cc(F)ccc1C(=O)N1CC(N)=C(c3ncc(Cl)cn3)C1)C2. The molecule has 1 unspecified atom stereocenters. The third-order valence-electron chi connectivity index (χ3n) is 7.35. The lowest BCUT2D eigenvalue weighted by Gasteiger charge is -2.39. The molecule has 2 bridgehead atoms. The molecular formula is C26H31ClFN5O2. The summed E-state index contributed by atoms with van der Waals surface area (Å²) in [7, 11) is 0. The van der Waals surface area contributed by atoms with Gasteiger partial charge in [0.25, 0.3) is 5.91 Å². The highest BCUT2D eigenvalue weighted by Gasteiger charge is 2.41. The quantitative estimate of drug-likeness (QED) is 0.612. The Kier molecular flexibility index (Phi) is 6.93. The molecule has 186 valence electrons. The van der Waals surface area contributed by atoms with Crippen LogP contribution in [0.3, 0.4) is 0 Å². The van der Waals surface area contributed by atoms with Crippen LogP contribution in [-0.4, -0.2) is 63.5 Å². The van der Waals surface area contributed by atoms with E-state index in [1.54, 1.807) is 4.90 Å². The van der Waals surface area contributed by atoms with Gasteiger partial charge in [-0.3, -0.25) is 9.69 Å². The van der Waals surface area contributed by atoms with Crippen LogP contribution in [0.1, 0.15) is 61.6 Å². The molecule has 35 heavy (non-hydrogen) atoms. The van der Waals surface area contributed by atoms with Gasteiger partial charge in [-0.2, -0.15) is 0 Å². The molecule has 7 nitrogen and oxygen atoms in total. The number of unbranched alkanes of at least 4 members (excludes halogenated alkanes) is 1. The van der Waals surface area contributed by atoms with Gasteiger partial charge in [-0.25, -0.2) is 14.4 Å². The first-order chi connectivity index (χ1) is 16.9. The molecule has 0 saturated carbocycles. The molecule has 3 atom stereocenters. The number of fused-ring (bicyclic) bond motifs is 2. The summed E-state index contributed by atoms with van der Waals surface area (Å²) in [4.78, 5) is 26.2. The van der Waals surface area contributed by atoms with Gasteiger partial charge in [0.05, 0.1) is 23.7 Å². The van der Waals surface area contributed by atoms with Crippen LogP contribution in [0.2, 0.25) is 5.02 Å². The molecule has 1 aromatic carbocycles. The van der Waals surface area contributed by atoms with Crippen molar-refractivity contribution in [3.8, 4) is 5.75 Å². The van der Waals surface area contributed by atoms with E-state index in [0.717, 1.165) is 19.4 Å². The summed E-state index contributed by atoms with van der Waals surface area (Å²) < 4.78 is 20.6. The van der Waals surface area contributed by atoms with Gasteiger partial charge in [-0.15, -0.1) is 0 Å². The first-order valence-electron chi connectivity index (χ1n) is 12.4. The van der Waals surface area contributed by atoms with Crippen LogP contribution in [-0.2, 0) is 0 Å². The second-order valence-electron chi connectivity index (χ2n) is 9.72. The van der Waals surface area contributed by atoms with E-state index in [0.29, 0.717) is 45.5 Å². The fraction of sp³-hybridized carbons (Fsp3) is 0.500. The normalized spacial score (nSPS) is 24.3. The summed E-state index contributed by atoms with van der Waals surface area (Å²) in [6, 6.07) is 5.14. The van der Waals surface area contributed by atoms with Gasteiger partial charge in [-0.05, 0) is 50.8 Å². The summed E-state index contributed by atoms with van der Waals surface area (Å²) in [5, 5.41) is 0.427. The number of hydrogen-bond donors (Lipinski definition) is 1. The number of carbonyl (C=O) groups is 1. The van der Waals surface area contributed by atoms with Crippen molar-refractivity contribution in [1.82, 2.24) is 19.8 Å². The molecule has 2 saturated heterocycles. The van der Waals surface area contributed by atoms with Gasteiger partial charge >= 0.3 is 0 Å². The maximum absolute atomic E-state index is 14.2. The van der Waals surface area contributed by atoms with Crippen LogP contribution in [0.25, 0.3) is 5.57 Å². The minimum absolute atomic E-state index is 0.0291. The minimum Gasteiger partial charge on any atom is -0.489 e. The molecule has 0 radical (unpaired) electrons. The highest BCUT2D eigenvalue weighted by molar-refractivity contribution is 6.30. The molecular weight excluding hydrogens is 469 g/mol. The highest BCUT2D eigenvalue weighted by atomic mass is 35.5. The van der Waals surface area contributed by atoms with Crippen LogP contribution in [0.15, 0.2) is 36.3 Å². The molecule has 0 spiro atoms. The Morgan fingerprint density at radius 2 is 1.91 bits per heavy atom. The monoisotopic (exact) mass is 499 g/mol. The Hall–Kier alpha value is -2.71. The third kappa shape index (κ3) is 5.00. The van der Waals surface area contributed by atoms with E-state index in [2.05, 4.69) is 21.8 Å². The van der Waals surface area contributed by atoms with E-state index in [4.69, 9.17) is 22.1 Å². The molecule has 2 fully saturated rings. The fourth-order valence-corrected chi connectivity index (χ4v) is 5.72. The Labute approximate surface area is 210 Å². The first kappa shape index (κ1) is 24.0. The van der Waals surface area contributed by atoms with Crippen molar-refractivity contribution >= 4 is 23.1 Å². The maximum atomic E-state index is 14.2. The second kappa shape index (κ2) is 10.1. The van der Waals surface area contributed by atoms with E-state index in [-0.39, 0.29) is 25.1 Å². The summed E-state index contributed by atoms with van der Waals surface area (Å²) in [6.07, 6.45) is 9.53. The number of hydrogen-bond acceptors (Lipinski definition) is 6. The van der Waals surface area contributed by atoms with Gasteiger partial charge < -0.3 is 15.4 Å². The smallest absolute Gasteiger partial charge is 0.258 e. The summed E-state index contributed by atoms with van der Waals surface area (Å²) in [5.74, 6) is 0.0729. The number of piperidine rings is 1. The first-order valence-corrected chi connectivity index (χ1v) is 12.8.